The molecule has 3 aromatic rings. The van der Waals surface area contributed by atoms with Crippen LogP contribution in [0.5, 0.6) is 0 Å². The van der Waals surface area contributed by atoms with Crippen molar-refractivity contribution in [2.24, 2.45) is 5.92 Å². The zero-order chi connectivity index (χ0) is 24.3. The maximum absolute atomic E-state index is 13.6. The van der Waals surface area contributed by atoms with Gasteiger partial charge < -0.3 is 15.1 Å². The molecule has 1 amide bonds. The number of halogens is 2. The van der Waals surface area contributed by atoms with Crippen LogP contribution >= 0.6 is 38.5 Å². The number of benzene rings is 2. The number of amides is 1. The number of hydrogen-bond donors (Lipinski definition) is 2. The topological polar surface area (TPSA) is 91.5 Å². The molecule has 1 aliphatic heterocycles. The maximum Gasteiger partial charge on any atom is 0.264 e. The van der Waals surface area contributed by atoms with Crippen LogP contribution in [-0.4, -0.2) is 37.7 Å². The van der Waals surface area contributed by atoms with Crippen molar-refractivity contribution < 1.29 is 15.0 Å². The van der Waals surface area contributed by atoms with Crippen molar-refractivity contribution in [1.29, 1.82) is 0 Å². The molecule has 7 nitrogen and oxygen atoms in total. The van der Waals surface area contributed by atoms with E-state index in [1.165, 1.54) is 0 Å². The van der Waals surface area contributed by atoms with Gasteiger partial charge in [-0.25, -0.2) is 0 Å². The zero-order valence-electron chi connectivity index (χ0n) is 18.7. The van der Waals surface area contributed by atoms with Gasteiger partial charge in [0.25, 0.3) is 5.91 Å². The lowest BCUT2D eigenvalue weighted by atomic mass is 9.83. The molecule has 0 saturated carbocycles. The molecule has 0 unspecified atom stereocenters. The Kier molecular flexibility index (Phi) is 7.86. The fourth-order valence-corrected chi connectivity index (χ4v) is 4.89. The third-order valence-electron chi connectivity index (χ3n) is 6.05. The van der Waals surface area contributed by atoms with Gasteiger partial charge in [0.2, 0.25) is 0 Å². The van der Waals surface area contributed by atoms with Crippen molar-refractivity contribution in [2.75, 3.05) is 11.5 Å². The minimum Gasteiger partial charge on any atom is -0.396 e. The standard InChI is InChI=1S/C25H26BrIN4O3/c1-17(4-2-3-12-30-16-21(11-13-32)28-29-30)25(34)22-14-19(26)7-10-23(22)31(24(25)33)15-18-5-8-20(27)9-6-18/h2,4-10,14,16-17,32,34H,3,11-13,15H2,1H3/b4-2+/t17-,25+/m0/s1. The Morgan fingerprint density at radius 1 is 1.24 bits per heavy atom. The highest BCUT2D eigenvalue weighted by molar-refractivity contribution is 14.1. The Labute approximate surface area is 220 Å². The average Bonchev–Trinajstić information content (AvgIpc) is 3.35. The number of rotatable bonds is 9. The van der Waals surface area contributed by atoms with E-state index < -0.39 is 11.5 Å². The van der Waals surface area contributed by atoms with E-state index in [9.17, 15) is 9.90 Å². The molecule has 2 atom stereocenters. The molecule has 0 saturated heterocycles. The van der Waals surface area contributed by atoms with E-state index in [2.05, 4.69) is 48.8 Å². The summed E-state index contributed by atoms with van der Waals surface area (Å²) in [5, 5.41) is 28.8. The van der Waals surface area contributed by atoms with Gasteiger partial charge in [-0.1, -0.05) is 52.4 Å². The third-order valence-corrected chi connectivity index (χ3v) is 7.26. The van der Waals surface area contributed by atoms with Gasteiger partial charge in [0.1, 0.15) is 0 Å². The van der Waals surface area contributed by atoms with Gasteiger partial charge in [0.05, 0.1) is 17.9 Å². The Bertz CT molecular complexity index is 1200. The summed E-state index contributed by atoms with van der Waals surface area (Å²) in [6.45, 7) is 2.92. The first-order chi connectivity index (χ1) is 16.3. The number of aliphatic hydroxyl groups is 2. The van der Waals surface area contributed by atoms with E-state index in [0.29, 0.717) is 31.5 Å². The van der Waals surface area contributed by atoms with Gasteiger partial charge in [0, 0.05) is 45.3 Å². The minimum atomic E-state index is -1.65. The summed E-state index contributed by atoms with van der Waals surface area (Å²) < 4.78 is 3.67. The summed E-state index contributed by atoms with van der Waals surface area (Å²) in [6, 6.07) is 13.6. The third kappa shape index (κ3) is 5.12. The molecule has 0 aliphatic carbocycles. The number of hydrogen-bond acceptors (Lipinski definition) is 5. The molecule has 9 heteroatoms. The molecule has 0 spiro atoms. The SMILES string of the molecule is C[C@@H](/C=C/CCn1cc(CCO)nn1)[C@]1(O)C(=O)N(Cc2ccc(I)cc2)c2ccc(Br)cc21. The predicted octanol–water partition coefficient (Wildman–Crippen LogP) is 4.20. The van der Waals surface area contributed by atoms with Crippen LogP contribution < -0.4 is 4.90 Å². The smallest absolute Gasteiger partial charge is 0.264 e. The summed E-state index contributed by atoms with van der Waals surface area (Å²) in [4.78, 5) is 15.3. The van der Waals surface area contributed by atoms with Crippen molar-refractivity contribution in [2.45, 2.75) is 38.5 Å². The Morgan fingerprint density at radius 3 is 2.74 bits per heavy atom. The van der Waals surface area contributed by atoms with E-state index >= 15 is 0 Å². The van der Waals surface area contributed by atoms with Crippen molar-refractivity contribution in [1.82, 2.24) is 15.0 Å². The average molecular weight is 637 g/mol. The monoisotopic (exact) mass is 636 g/mol. The first kappa shape index (κ1) is 25.0. The molecule has 1 aliphatic rings. The van der Waals surface area contributed by atoms with Crippen LogP contribution in [0.1, 0.15) is 30.2 Å². The number of aliphatic hydroxyl groups excluding tert-OH is 1. The molecular formula is C25H26BrIN4O3. The predicted molar refractivity (Wildman–Crippen MR) is 142 cm³/mol. The quantitative estimate of drug-likeness (QED) is 0.272. The number of carbonyl (C=O) groups excluding carboxylic acids is 1. The summed E-state index contributed by atoms with van der Waals surface area (Å²) in [5.74, 6) is -0.753. The summed E-state index contributed by atoms with van der Waals surface area (Å²) in [5.41, 5.74) is 1.44. The van der Waals surface area contributed by atoms with E-state index in [-0.39, 0.29) is 12.5 Å². The first-order valence-electron chi connectivity index (χ1n) is 11.1. The van der Waals surface area contributed by atoms with Crippen LogP contribution in [0.15, 0.2) is 65.3 Å². The fraction of sp³-hybridized carbons (Fsp3) is 0.320. The minimum absolute atomic E-state index is 0.0426. The zero-order valence-corrected chi connectivity index (χ0v) is 22.5. The van der Waals surface area contributed by atoms with Gasteiger partial charge in [-0.2, -0.15) is 0 Å². The van der Waals surface area contributed by atoms with Gasteiger partial charge in [-0.3, -0.25) is 9.48 Å². The molecule has 2 N–H and O–H groups in total. The van der Waals surface area contributed by atoms with Crippen molar-refractivity contribution in [3.05, 3.63) is 85.7 Å². The highest BCUT2D eigenvalue weighted by Crippen LogP contribution is 2.46. The Morgan fingerprint density at radius 2 is 2.00 bits per heavy atom. The number of anilines is 1. The summed E-state index contributed by atoms with van der Waals surface area (Å²) in [6.07, 6.45) is 6.83. The van der Waals surface area contributed by atoms with Crippen LogP contribution in [0.4, 0.5) is 5.69 Å². The number of aromatic nitrogens is 3. The second kappa shape index (κ2) is 10.7. The van der Waals surface area contributed by atoms with Crippen molar-refractivity contribution in [3.8, 4) is 0 Å². The molecule has 4 rings (SSSR count). The van der Waals surface area contributed by atoms with Crippen LogP contribution in [0.2, 0.25) is 0 Å². The second-order valence-corrected chi connectivity index (χ2v) is 10.6. The second-order valence-electron chi connectivity index (χ2n) is 8.40. The summed E-state index contributed by atoms with van der Waals surface area (Å²) in [7, 11) is 0. The maximum atomic E-state index is 13.6. The molecular weight excluding hydrogens is 611 g/mol. The first-order valence-corrected chi connectivity index (χ1v) is 13.0. The number of allylic oxidation sites excluding steroid dienone is 1. The van der Waals surface area contributed by atoms with Gasteiger partial charge >= 0.3 is 0 Å². The lowest BCUT2D eigenvalue weighted by Gasteiger charge is -2.27. The highest BCUT2D eigenvalue weighted by atomic mass is 127. The van der Waals surface area contributed by atoms with E-state index in [4.69, 9.17) is 5.11 Å². The number of carbonyl (C=O) groups is 1. The summed E-state index contributed by atoms with van der Waals surface area (Å²) >= 11 is 5.75. The molecule has 0 fully saturated rings. The Hall–Kier alpha value is -2.08. The lowest BCUT2D eigenvalue weighted by Crippen LogP contribution is -2.44. The van der Waals surface area contributed by atoms with Gasteiger partial charge in [-0.05, 0) is 64.9 Å². The molecule has 1 aromatic heterocycles. The molecule has 0 radical (unpaired) electrons. The number of nitrogens with zero attached hydrogens (tertiary/aromatic N) is 4. The van der Waals surface area contributed by atoms with Gasteiger partial charge in [0.15, 0.2) is 5.60 Å². The number of aryl methyl sites for hydroxylation is 1. The van der Waals surface area contributed by atoms with Crippen molar-refractivity contribution >= 4 is 50.1 Å². The molecule has 2 aromatic carbocycles. The van der Waals surface area contributed by atoms with Crippen LogP contribution in [0.3, 0.4) is 0 Å². The van der Waals surface area contributed by atoms with E-state index in [0.717, 1.165) is 25.0 Å². The molecule has 34 heavy (non-hydrogen) atoms. The lowest BCUT2D eigenvalue weighted by molar-refractivity contribution is -0.139. The Balaban J connectivity index is 1.52. The largest absolute Gasteiger partial charge is 0.396 e. The van der Waals surface area contributed by atoms with E-state index in [1.54, 1.807) is 9.58 Å². The molecule has 0 bridgehead atoms. The molecule has 2 heterocycles. The van der Waals surface area contributed by atoms with Crippen molar-refractivity contribution in [3.63, 3.8) is 0 Å². The fourth-order valence-electron chi connectivity index (χ4n) is 4.17. The van der Waals surface area contributed by atoms with Crippen LogP contribution in [0.25, 0.3) is 0 Å². The normalized spacial score (nSPS) is 18.6. The number of fused-ring (bicyclic) bond motifs is 1. The highest BCUT2D eigenvalue weighted by Gasteiger charge is 2.52. The van der Waals surface area contributed by atoms with Gasteiger partial charge in [-0.15, -0.1) is 5.10 Å². The van der Waals surface area contributed by atoms with E-state index in [1.807, 2.05) is 67.7 Å². The van der Waals surface area contributed by atoms with Crippen LogP contribution in [-0.2, 0) is 29.9 Å². The molecule has 178 valence electrons. The van der Waals surface area contributed by atoms with Crippen LogP contribution in [0, 0.1) is 9.49 Å².